The standard InChI is InChI=1S/C21H33N7O3/c1-13(2)27-7-8-28(21(27)30)16-6-5-14(9-16)17-11-19(26-25-17)24-20(29)18(23-3)10-15(22)12-31-4/h10-11,13-14,16H,5-9,12,22H2,1-4H3,(H2,24,25,26,29)/t14-,16+/m0/s1. The number of anilines is 1. The minimum atomic E-state index is -0.389. The number of rotatable bonds is 8. The fourth-order valence-corrected chi connectivity index (χ4v) is 4.32. The van der Waals surface area contributed by atoms with E-state index in [4.69, 9.17) is 10.5 Å². The smallest absolute Gasteiger partial charge is 0.320 e. The summed E-state index contributed by atoms with van der Waals surface area (Å²) in [6.07, 6.45) is 4.33. The maximum Gasteiger partial charge on any atom is 0.320 e. The highest BCUT2D eigenvalue weighted by Gasteiger charge is 2.39. The number of carbonyl (C=O) groups excluding carboxylic acids is 2. The van der Waals surface area contributed by atoms with Crippen LogP contribution >= 0.6 is 0 Å². The van der Waals surface area contributed by atoms with E-state index >= 15 is 0 Å². The van der Waals surface area contributed by atoms with Gasteiger partial charge in [0.25, 0.3) is 5.91 Å². The van der Waals surface area contributed by atoms with E-state index in [-0.39, 0.29) is 42.3 Å². The summed E-state index contributed by atoms with van der Waals surface area (Å²) >= 11 is 0. The number of hydrogen-bond donors (Lipinski definition) is 3. The van der Waals surface area contributed by atoms with Crippen LogP contribution in [-0.4, -0.2) is 83.6 Å². The van der Waals surface area contributed by atoms with Crippen LogP contribution in [0.4, 0.5) is 10.6 Å². The summed E-state index contributed by atoms with van der Waals surface area (Å²) in [5, 5.41) is 10.0. The van der Waals surface area contributed by atoms with Gasteiger partial charge in [-0.1, -0.05) is 0 Å². The molecule has 1 saturated heterocycles. The third-order valence-corrected chi connectivity index (χ3v) is 5.93. The Morgan fingerprint density at radius 3 is 2.87 bits per heavy atom. The van der Waals surface area contributed by atoms with E-state index in [0.717, 1.165) is 38.0 Å². The summed E-state index contributed by atoms with van der Waals surface area (Å²) in [6.45, 7) is 5.90. The van der Waals surface area contributed by atoms with Crippen molar-refractivity contribution in [1.82, 2.24) is 20.0 Å². The van der Waals surface area contributed by atoms with Crippen molar-refractivity contribution in [2.45, 2.75) is 51.1 Å². The summed E-state index contributed by atoms with van der Waals surface area (Å²) in [5.74, 6) is 0.326. The van der Waals surface area contributed by atoms with Crippen LogP contribution in [0.3, 0.4) is 0 Å². The Balaban J connectivity index is 1.58. The molecule has 2 atom stereocenters. The van der Waals surface area contributed by atoms with Crippen molar-refractivity contribution in [3.8, 4) is 0 Å². The Morgan fingerprint density at radius 1 is 1.45 bits per heavy atom. The van der Waals surface area contributed by atoms with Crippen LogP contribution in [0.2, 0.25) is 0 Å². The molecule has 10 heteroatoms. The fraction of sp³-hybridized carbons (Fsp3) is 0.619. The van der Waals surface area contributed by atoms with E-state index in [1.807, 2.05) is 15.9 Å². The molecule has 10 nitrogen and oxygen atoms in total. The fourth-order valence-electron chi connectivity index (χ4n) is 4.32. The number of aliphatic imine (C=N–C) groups is 1. The number of aromatic amines is 1. The number of carbonyl (C=O) groups is 2. The van der Waals surface area contributed by atoms with E-state index < -0.39 is 0 Å². The lowest BCUT2D eigenvalue weighted by molar-refractivity contribution is -0.110. The van der Waals surface area contributed by atoms with Gasteiger partial charge >= 0.3 is 6.03 Å². The third kappa shape index (κ3) is 5.25. The lowest BCUT2D eigenvalue weighted by Gasteiger charge is -2.26. The van der Waals surface area contributed by atoms with Crippen molar-refractivity contribution < 1.29 is 14.3 Å². The van der Waals surface area contributed by atoms with Crippen LogP contribution in [0.5, 0.6) is 0 Å². The van der Waals surface area contributed by atoms with Gasteiger partial charge in [-0.2, -0.15) is 5.10 Å². The van der Waals surface area contributed by atoms with Crippen molar-refractivity contribution in [1.29, 1.82) is 0 Å². The molecular formula is C21H33N7O3. The summed E-state index contributed by atoms with van der Waals surface area (Å²) < 4.78 is 4.95. The van der Waals surface area contributed by atoms with Gasteiger partial charge in [0.2, 0.25) is 0 Å². The van der Waals surface area contributed by atoms with E-state index in [0.29, 0.717) is 11.5 Å². The van der Waals surface area contributed by atoms with Crippen molar-refractivity contribution in [3.63, 3.8) is 0 Å². The predicted octanol–water partition coefficient (Wildman–Crippen LogP) is 1.69. The van der Waals surface area contributed by atoms with Gasteiger partial charge in [0.05, 0.1) is 6.61 Å². The molecular weight excluding hydrogens is 398 g/mol. The number of nitrogens with zero attached hydrogens (tertiary/aromatic N) is 4. The average molecular weight is 432 g/mol. The van der Waals surface area contributed by atoms with Crippen LogP contribution in [0.15, 0.2) is 22.8 Å². The van der Waals surface area contributed by atoms with Gasteiger partial charge in [-0.05, 0) is 39.2 Å². The minimum absolute atomic E-state index is 0.144. The zero-order chi connectivity index (χ0) is 22.5. The Bertz CT molecular complexity index is 861. The predicted molar refractivity (Wildman–Crippen MR) is 119 cm³/mol. The summed E-state index contributed by atoms with van der Waals surface area (Å²) in [6, 6.07) is 2.47. The molecule has 4 N–H and O–H groups in total. The van der Waals surface area contributed by atoms with Gasteiger partial charge in [0.15, 0.2) is 5.82 Å². The first-order valence-corrected chi connectivity index (χ1v) is 10.7. The zero-order valence-corrected chi connectivity index (χ0v) is 18.7. The Kier molecular flexibility index (Phi) is 7.32. The van der Waals surface area contributed by atoms with Gasteiger partial charge in [-0.3, -0.25) is 14.9 Å². The van der Waals surface area contributed by atoms with Crippen LogP contribution in [-0.2, 0) is 9.53 Å². The quantitative estimate of drug-likeness (QED) is 0.540. The molecule has 0 bridgehead atoms. The number of methoxy groups -OCH3 is 1. The average Bonchev–Trinajstić information content (AvgIpc) is 3.45. The number of urea groups is 1. The minimum Gasteiger partial charge on any atom is -0.400 e. The van der Waals surface area contributed by atoms with Crippen molar-refractivity contribution in [2.75, 3.05) is 39.2 Å². The van der Waals surface area contributed by atoms with Crippen LogP contribution < -0.4 is 11.1 Å². The molecule has 1 saturated carbocycles. The molecule has 2 fully saturated rings. The molecule has 31 heavy (non-hydrogen) atoms. The van der Waals surface area contributed by atoms with Crippen molar-refractivity contribution >= 4 is 23.5 Å². The number of ether oxygens (including phenoxy) is 1. The summed E-state index contributed by atoms with van der Waals surface area (Å²) in [4.78, 5) is 33.1. The second kappa shape index (κ2) is 9.95. The van der Waals surface area contributed by atoms with Gasteiger partial charge < -0.3 is 25.6 Å². The first kappa shape index (κ1) is 22.8. The molecule has 0 spiro atoms. The molecule has 0 radical (unpaired) electrons. The van der Waals surface area contributed by atoms with Crippen LogP contribution in [0.25, 0.3) is 0 Å². The SMILES string of the molecule is CN=C(C=C(N)COC)C(=O)Nc1cc([C@H]2CC[C@@H](N3CCN(C(C)C)C3=O)C2)[nH]n1. The molecule has 170 valence electrons. The van der Waals surface area contributed by atoms with E-state index in [1.54, 1.807) is 0 Å². The largest absolute Gasteiger partial charge is 0.400 e. The number of H-pyrrole nitrogens is 1. The number of hydrogen-bond acceptors (Lipinski definition) is 6. The van der Waals surface area contributed by atoms with E-state index in [9.17, 15) is 9.59 Å². The molecule has 0 unspecified atom stereocenters. The molecule has 3 rings (SSSR count). The zero-order valence-electron chi connectivity index (χ0n) is 18.7. The van der Waals surface area contributed by atoms with Crippen LogP contribution in [0.1, 0.15) is 44.7 Å². The first-order valence-electron chi connectivity index (χ1n) is 10.7. The normalized spacial score (nSPS) is 22.7. The first-order chi connectivity index (χ1) is 14.8. The summed E-state index contributed by atoms with van der Waals surface area (Å²) in [7, 11) is 3.06. The molecule has 1 aliphatic carbocycles. The maximum atomic E-state index is 12.7. The molecule has 1 aromatic rings. The monoisotopic (exact) mass is 431 g/mol. The molecule has 0 aromatic carbocycles. The molecule has 2 heterocycles. The third-order valence-electron chi connectivity index (χ3n) is 5.93. The summed E-state index contributed by atoms with van der Waals surface area (Å²) in [5.41, 5.74) is 7.37. The lowest BCUT2D eigenvalue weighted by atomic mass is 10.0. The molecule has 2 aliphatic rings. The highest BCUT2D eigenvalue weighted by atomic mass is 16.5. The van der Waals surface area contributed by atoms with Gasteiger partial charge in [-0.15, -0.1) is 0 Å². The number of amides is 3. The van der Waals surface area contributed by atoms with Crippen molar-refractivity contribution in [3.05, 3.63) is 23.5 Å². The maximum absolute atomic E-state index is 12.7. The highest BCUT2D eigenvalue weighted by Crippen LogP contribution is 2.38. The molecule has 1 aromatic heterocycles. The van der Waals surface area contributed by atoms with Crippen LogP contribution in [0, 0.1) is 0 Å². The lowest BCUT2D eigenvalue weighted by Crippen LogP contribution is -2.40. The van der Waals surface area contributed by atoms with E-state index in [2.05, 4.69) is 34.4 Å². The van der Waals surface area contributed by atoms with Gasteiger partial charge in [-0.25, -0.2) is 4.79 Å². The Labute approximate surface area is 182 Å². The Hall–Kier alpha value is -2.88. The van der Waals surface area contributed by atoms with E-state index in [1.165, 1.54) is 20.2 Å². The van der Waals surface area contributed by atoms with Gasteiger partial charge in [0, 0.05) is 62.7 Å². The number of nitrogens with two attached hydrogens (primary N) is 1. The van der Waals surface area contributed by atoms with Crippen molar-refractivity contribution in [2.24, 2.45) is 10.7 Å². The number of nitrogens with one attached hydrogen (secondary N) is 2. The topological polar surface area (TPSA) is 129 Å². The van der Waals surface area contributed by atoms with Gasteiger partial charge in [0.1, 0.15) is 5.71 Å². The number of aromatic nitrogens is 2. The Morgan fingerprint density at radius 2 is 2.23 bits per heavy atom. The second-order valence-electron chi connectivity index (χ2n) is 8.35. The molecule has 1 aliphatic heterocycles. The highest BCUT2D eigenvalue weighted by molar-refractivity contribution is 6.47. The second-order valence-corrected chi connectivity index (χ2v) is 8.35. The molecule has 3 amide bonds.